The van der Waals surface area contributed by atoms with Gasteiger partial charge in [0.2, 0.25) is 0 Å². The summed E-state index contributed by atoms with van der Waals surface area (Å²) in [7, 11) is 0. The van der Waals surface area contributed by atoms with Crippen molar-refractivity contribution >= 4 is 5.97 Å². The number of rotatable bonds is 3. The number of fused-ring (bicyclic) bond motifs is 1. The zero-order valence-corrected chi connectivity index (χ0v) is 9.74. The van der Waals surface area contributed by atoms with Crippen LogP contribution in [0.1, 0.15) is 26.2 Å². The molecule has 3 heteroatoms. The van der Waals surface area contributed by atoms with Gasteiger partial charge < -0.3 is 10.1 Å². The molecule has 2 aliphatic rings. The Hall–Kier alpha value is -1.01. The van der Waals surface area contributed by atoms with Gasteiger partial charge in [0.15, 0.2) is 0 Å². The first-order valence-corrected chi connectivity index (χ1v) is 6.05. The topological polar surface area (TPSA) is 38.3 Å². The maximum atomic E-state index is 11.9. The molecule has 1 aliphatic carbocycles. The lowest BCUT2D eigenvalue weighted by atomic mass is 10.0. The minimum atomic E-state index is -0.143. The molecule has 0 bridgehead atoms. The molecule has 1 saturated heterocycles. The lowest BCUT2D eigenvalue weighted by Crippen LogP contribution is -2.22. The maximum absolute atomic E-state index is 11.9. The summed E-state index contributed by atoms with van der Waals surface area (Å²) in [6.07, 6.45) is 7.52. The zero-order chi connectivity index (χ0) is 11.5. The van der Waals surface area contributed by atoms with E-state index in [4.69, 9.17) is 11.2 Å². The molecule has 2 fully saturated rings. The molecule has 0 aromatic carbocycles. The van der Waals surface area contributed by atoms with Gasteiger partial charge in [-0.15, -0.1) is 12.3 Å². The van der Waals surface area contributed by atoms with Gasteiger partial charge in [-0.25, -0.2) is 0 Å². The monoisotopic (exact) mass is 221 g/mol. The highest BCUT2D eigenvalue weighted by Gasteiger charge is 2.41. The summed E-state index contributed by atoms with van der Waals surface area (Å²) in [5, 5.41) is 3.37. The summed E-state index contributed by atoms with van der Waals surface area (Å²) in [6, 6.07) is 0. The summed E-state index contributed by atoms with van der Waals surface area (Å²) in [5.41, 5.74) is 0. The van der Waals surface area contributed by atoms with Crippen molar-refractivity contribution in [1.82, 2.24) is 5.32 Å². The van der Waals surface area contributed by atoms with Crippen molar-refractivity contribution in [3.63, 3.8) is 0 Å². The molecule has 0 aromatic rings. The van der Waals surface area contributed by atoms with E-state index in [1.807, 2.05) is 6.92 Å². The molecule has 2 rings (SSSR count). The van der Waals surface area contributed by atoms with Gasteiger partial charge in [-0.3, -0.25) is 4.79 Å². The third kappa shape index (κ3) is 2.38. The molecule has 0 radical (unpaired) electrons. The minimum Gasteiger partial charge on any atom is -0.461 e. The number of nitrogens with one attached hydrogen (secondary N) is 1. The van der Waals surface area contributed by atoms with Gasteiger partial charge in [0, 0.05) is 6.42 Å². The van der Waals surface area contributed by atoms with E-state index < -0.39 is 0 Å². The number of hydrogen-bond acceptors (Lipinski definition) is 3. The molecule has 1 saturated carbocycles. The Kier molecular flexibility index (Phi) is 3.50. The normalized spacial score (nSPS) is 34.1. The summed E-state index contributed by atoms with van der Waals surface area (Å²) in [6.45, 7) is 3.98. The number of hydrogen-bond donors (Lipinski definition) is 1. The summed E-state index contributed by atoms with van der Waals surface area (Å²) in [4.78, 5) is 11.9. The van der Waals surface area contributed by atoms with Crippen LogP contribution in [0.15, 0.2) is 0 Å². The lowest BCUT2D eigenvalue weighted by Gasteiger charge is -2.15. The van der Waals surface area contributed by atoms with Crippen molar-refractivity contribution in [3.8, 4) is 12.3 Å². The van der Waals surface area contributed by atoms with E-state index in [2.05, 4.69) is 11.2 Å². The average molecular weight is 221 g/mol. The Morgan fingerprint density at radius 3 is 2.69 bits per heavy atom. The van der Waals surface area contributed by atoms with Crippen LogP contribution in [-0.2, 0) is 9.53 Å². The molecule has 88 valence electrons. The Balaban J connectivity index is 1.81. The van der Waals surface area contributed by atoms with Crippen LogP contribution >= 0.6 is 0 Å². The molecule has 0 spiro atoms. The molecule has 3 nitrogen and oxygen atoms in total. The van der Waals surface area contributed by atoms with Crippen molar-refractivity contribution < 1.29 is 9.53 Å². The van der Waals surface area contributed by atoms with E-state index in [1.165, 1.54) is 0 Å². The second-order valence-corrected chi connectivity index (χ2v) is 5.00. The Morgan fingerprint density at radius 1 is 1.50 bits per heavy atom. The van der Waals surface area contributed by atoms with Gasteiger partial charge in [0.25, 0.3) is 0 Å². The smallest absolute Gasteiger partial charge is 0.309 e. The van der Waals surface area contributed by atoms with Crippen LogP contribution in [-0.4, -0.2) is 25.2 Å². The van der Waals surface area contributed by atoms with Gasteiger partial charge in [-0.05, 0) is 44.7 Å². The highest BCUT2D eigenvalue weighted by atomic mass is 16.5. The quantitative estimate of drug-likeness (QED) is 0.574. The summed E-state index contributed by atoms with van der Waals surface area (Å²) in [5.74, 6) is 3.94. The Labute approximate surface area is 96.9 Å². The summed E-state index contributed by atoms with van der Waals surface area (Å²) >= 11 is 0. The molecular formula is C13H19NO2. The average Bonchev–Trinajstić information content (AvgIpc) is 2.76. The lowest BCUT2D eigenvalue weighted by molar-refractivity contribution is -0.152. The van der Waals surface area contributed by atoms with Crippen LogP contribution in [0.25, 0.3) is 0 Å². The van der Waals surface area contributed by atoms with Crippen molar-refractivity contribution in [2.45, 2.75) is 32.3 Å². The highest BCUT2D eigenvalue weighted by molar-refractivity contribution is 5.73. The largest absolute Gasteiger partial charge is 0.461 e. The number of carbonyl (C=O) groups excluding carboxylic acids is 1. The predicted molar refractivity (Wildman–Crippen MR) is 61.6 cm³/mol. The van der Waals surface area contributed by atoms with E-state index >= 15 is 0 Å². The number of esters is 1. The number of carbonyl (C=O) groups is 1. The van der Waals surface area contributed by atoms with Crippen LogP contribution < -0.4 is 5.32 Å². The molecule has 2 unspecified atom stereocenters. The van der Waals surface area contributed by atoms with Crippen LogP contribution in [0, 0.1) is 30.1 Å². The molecule has 1 heterocycles. The third-order valence-corrected chi connectivity index (χ3v) is 3.71. The van der Waals surface area contributed by atoms with E-state index in [0.717, 1.165) is 25.9 Å². The molecule has 1 aliphatic heterocycles. The van der Waals surface area contributed by atoms with E-state index in [9.17, 15) is 4.79 Å². The van der Waals surface area contributed by atoms with Gasteiger partial charge in [-0.2, -0.15) is 0 Å². The first-order valence-electron chi connectivity index (χ1n) is 6.05. The fourth-order valence-electron chi connectivity index (χ4n) is 2.86. The SMILES string of the molecule is C#CCC(C)OC(=O)C1C[C@H]2CNC[C@H]2C1. The standard InChI is InChI=1S/C13H19NO2/c1-3-4-9(2)16-13(15)10-5-11-7-14-8-12(11)6-10/h1,9-12,14H,4-8H2,2H3/t9?,10?,11-,12+. The Morgan fingerprint density at radius 2 is 2.12 bits per heavy atom. The van der Waals surface area contributed by atoms with Gasteiger partial charge in [-0.1, -0.05) is 0 Å². The van der Waals surface area contributed by atoms with Crippen molar-refractivity contribution in [2.24, 2.45) is 17.8 Å². The zero-order valence-electron chi connectivity index (χ0n) is 9.74. The van der Waals surface area contributed by atoms with Gasteiger partial charge in [0.05, 0.1) is 5.92 Å². The minimum absolute atomic E-state index is 0.0443. The van der Waals surface area contributed by atoms with Crippen molar-refractivity contribution in [3.05, 3.63) is 0 Å². The van der Waals surface area contributed by atoms with Crippen molar-refractivity contribution in [1.29, 1.82) is 0 Å². The van der Waals surface area contributed by atoms with E-state index in [1.54, 1.807) is 0 Å². The van der Waals surface area contributed by atoms with Crippen LogP contribution in [0.2, 0.25) is 0 Å². The van der Waals surface area contributed by atoms with Crippen LogP contribution in [0.5, 0.6) is 0 Å². The second-order valence-electron chi connectivity index (χ2n) is 5.00. The highest BCUT2D eigenvalue weighted by Crippen LogP contribution is 2.39. The molecule has 0 aromatic heterocycles. The van der Waals surface area contributed by atoms with E-state index in [-0.39, 0.29) is 18.0 Å². The number of ether oxygens (including phenoxy) is 1. The molecule has 16 heavy (non-hydrogen) atoms. The van der Waals surface area contributed by atoms with E-state index in [0.29, 0.717) is 18.3 Å². The van der Waals surface area contributed by atoms with Crippen LogP contribution in [0.4, 0.5) is 0 Å². The van der Waals surface area contributed by atoms with Gasteiger partial charge >= 0.3 is 5.97 Å². The molecule has 4 atom stereocenters. The van der Waals surface area contributed by atoms with Gasteiger partial charge in [0.1, 0.15) is 6.10 Å². The first-order chi connectivity index (χ1) is 7.70. The van der Waals surface area contributed by atoms with Crippen LogP contribution in [0.3, 0.4) is 0 Å². The van der Waals surface area contributed by atoms with Crippen molar-refractivity contribution in [2.75, 3.05) is 13.1 Å². The fraction of sp³-hybridized carbons (Fsp3) is 0.769. The molecular weight excluding hydrogens is 202 g/mol. The first kappa shape index (κ1) is 11.5. The summed E-state index contributed by atoms with van der Waals surface area (Å²) < 4.78 is 5.34. The Bertz CT molecular complexity index is 296. The number of terminal acetylenes is 1. The maximum Gasteiger partial charge on any atom is 0.309 e. The fourth-order valence-corrected chi connectivity index (χ4v) is 2.86. The molecule has 1 N–H and O–H groups in total. The third-order valence-electron chi connectivity index (χ3n) is 3.71. The second kappa shape index (κ2) is 4.88. The predicted octanol–water partition coefficient (Wildman–Crippen LogP) is 1.19. The molecule has 0 amide bonds.